The largest absolute Gasteiger partial charge is 0.369 e. The van der Waals surface area contributed by atoms with Crippen LogP contribution in [0.2, 0.25) is 0 Å². The normalized spacial score (nSPS) is 10.7. The highest BCUT2D eigenvalue weighted by Gasteiger charge is 2.08. The molecule has 102 valence electrons. The molecule has 3 aromatic rings. The summed E-state index contributed by atoms with van der Waals surface area (Å²) in [6, 6.07) is 8.10. The van der Waals surface area contributed by atoms with Crippen LogP contribution in [-0.2, 0) is 0 Å². The average Bonchev–Trinajstić information content (AvgIpc) is 2.90. The third kappa shape index (κ3) is 2.55. The van der Waals surface area contributed by atoms with Gasteiger partial charge >= 0.3 is 0 Å². The number of anilines is 3. The first kappa shape index (κ1) is 13.2. The van der Waals surface area contributed by atoms with Crippen LogP contribution in [-0.4, -0.2) is 20.9 Å². The predicted molar refractivity (Wildman–Crippen MR) is 89.6 cm³/mol. The summed E-state index contributed by atoms with van der Waals surface area (Å²) in [6.07, 6.45) is 5.62. The van der Waals surface area contributed by atoms with Crippen LogP contribution in [0.25, 0.3) is 5.65 Å². The monoisotopic (exact) mass is 379 g/mol. The molecule has 5 nitrogen and oxygen atoms in total. The van der Waals surface area contributed by atoms with E-state index in [-0.39, 0.29) is 0 Å². The first-order valence-electron chi connectivity index (χ1n) is 6.37. The Morgan fingerprint density at radius 1 is 1.30 bits per heavy atom. The van der Waals surface area contributed by atoms with E-state index in [1.165, 1.54) is 0 Å². The van der Waals surface area contributed by atoms with Crippen molar-refractivity contribution in [3.05, 3.63) is 46.4 Å². The Morgan fingerprint density at radius 3 is 2.95 bits per heavy atom. The fourth-order valence-corrected chi connectivity index (χ4v) is 2.49. The Bertz CT molecular complexity index is 737. The molecule has 0 saturated carbocycles. The van der Waals surface area contributed by atoms with Gasteiger partial charge in [0, 0.05) is 22.5 Å². The molecule has 1 aromatic carbocycles. The molecular weight excluding hydrogens is 365 g/mol. The Kier molecular flexibility index (Phi) is 3.72. The molecule has 20 heavy (non-hydrogen) atoms. The van der Waals surface area contributed by atoms with Crippen molar-refractivity contribution in [1.82, 2.24) is 14.4 Å². The van der Waals surface area contributed by atoms with Crippen molar-refractivity contribution < 1.29 is 0 Å². The maximum atomic E-state index is 4.59. The number of imidazole rings is 1. The minimum atomic E-state index is 0.748. The molecule has 0 saturated heterocycles. The summed E-state index contributed by atoms with van der Waals surface area (Å²) in [6.45, 7) is 2.88. The van der Waals surface area contributed by atoms with Crippen LogP contribution in [0, 0.1) is 3.57 Å². The molecule has 0 aliphatic rings. The Hall–Kier alpha value is -1.83. The molecule has 0 bridgehead atoms. The summed E-state index contributed by atoms with van der Waals surface area (Å²) >= 11 is 2.30. The maximum absolute atomic E-state index is 4.59. The molecule has 0 spiro atoms. The molecule has 0 aliphatic heterocycles. The third-order valence-electron chi connectivity index (χ3n) is 2.86. The van der Waals surface area contributed by atoms with Gasteiger partial charge in [-0.15, -0.1) is 0 Å². The highest BCUT2D eigenvalue weighted by molar-refractivity contribution is 14.1. The Morgan fingerprint density at radius 2 is 2.15 bits per heavy atom. The minimum absolute atomic E-state index is 0.748. The van der Waals surface area contributed by atoms with Crippen molar-refractivity contribution >= 4 is 45.6 Å². The zero-order valence-corrected chi connectivity index (χ0v) is 13.1. The molecule has 6 heteroatoms. The van der Waals surface area contributed by atoms with Gasteiger partial charge in [0.1, 0.15) is 5.82 Å². The van der Waals surface area contributed by atoms with Crippen molar-refractivity contribution in [2.45, 2.75) is 6.92 Å². The number of aromatic nitrogens is 3. The van der Waals surface area contributed by atoms with E-state index in [2.05, 4.69) is 49.3 Å². The number of halogens is 1. The van der Waals surface area contributed by atoms with Gasteiger partial charge in [0.15, 0.2) is 11.5 Å². The van der Waals surface area contributed by atoms with Crippen molar-refractivity contribution in [3.63, 3.8) is 0 Å². The zero-order valence-electron chi connectivity index (χ0n) is 11.0. The van der Waals surface area contributed by atoms with Gasteiger partial charge in [-0.25, -0.2) is 9.97 Å². The SMILES string of the molecule is CCNc1cn2ccnc2c(Nc2ccccc2I)n1. The summed E-state index contributed by atoms with van der Waals surface area (Å²) in [5.41, 5.74) is 1.84. The number of nitrogens with one attached hydrogen (secondary N) is 2. The molecule has 2 aromatic heterocycles. The smallest absolute Gasteiger partial charge is 0.180 e. The van der Waals surface area contributed by atoms with Gasteiger partial charge in [0.25, 0.3) is 0 Å². The molecule has 0 aliphatic carbocycles. The third-order valence-corrected chi connectivity index (χ3v) is 3.80. The highest BCUT2D eigenvalue weighted by Crippen LogP contribution is 2.24. The van der Waals surface area contributed by atoms with Crippen LogP contribution in [0.5, 0.6) is 0 Å². The van der Waals surface area contributed by atoms with Crippen LogP contribution in [0.4, 0.5) is 17.3 Å². The lowest BCUT2D eigenvalue weighted by molar-refractivity contribution is 1.09. The molecule has 3 rings (SSSR count). The van der Waals surface area contributed by atoms with Crippen LogP contribution >= 0.6 is 22.6 Å². The molecule has 2 heterocycles. The fourth-order valence-electron chi connectivity index (χ4n) is 1.97. The summed E-state index contributed by atoms with van der Waals surface area (Å²) in [5, 5.41) is 6.59. The van der Waals surface area contributed by atoms with Gasteiger partial charge in [-0.3, -0.25) is 0 Å². The number of hydrogen-bond donors (Lipinski definition) is 2. The van der Waals surface area contributed by atoms with E-state index in [9.17, 15) is 0 Å². The quantitative estimate of drug-likeness (QED) is 0.682. The number of benzene rings is 1. The van der Waals surface area contributed by atoms with Crippen molar-refractivity contribution in [1.29, 1.82) is 0 Å². The highest BCUT2D eigenvalue weighted by atomic mass is 127. The topological polar surface area (TPSA) is 54.2 Å². The van der Waals surface area contributed by atoms with E-state index in [1.807, 2.05) is 41.9 Å². The van der Waals surface area contributed by atoms with E-state index >= 15 is 0 Å². The zero-order chi connectivity index (χ0) is 13.9. The van der Waals surface area contributed by atoms with Crippen molar-refractivity contribution in [2.24, 2.45) is 0 Å². The number of rotatable bonds is 4. The summed E-state index contributed by atoms with van der Waals surface area (Å²) in [5.74, 6) is 1.57. The fraction of sp³-hybridized carbons (Fsp3) is 0.143. The van der Waals surface area contributed by atoms with Gasteiger partial charge in [-0.2, -0.15) is 0 Å². The second kappa shape index (κ2) is 5.66. The number of hydrogen-bond acceptors (Lipinski definition) is 4. The number of para-hydroxylation sites is 1. The lowest BCUT2D eigenvalue weighted by atomic mass is 10.3. The lowest BCUT2D eigenvalue weighted by Crippen LogP contribution is -2.05. The molecule has 0 atom stereocenters. The standard InChI is InChI=1S/C14H14IN5/c1-2-16-12-9-20-8-7-17-14(20)13(19-12)18-11-6-4-3-5-10(11)15/h3-9,16H,2H2,1H3,(H,18,19). The van der Waals surface area contributed by atoms with E-state index in [0.717, 1.165) is 33.1 Å². The van der Waals surface area contributed by atoms with Crippen LogP contribution in [0.15, 0.2) is 42.9 Å². The van der Waals surface area contributed by atoms with Gasteiger partial charge in [0.05, 0.1) is 11.9 Å². The first-order chi connectivity index (χ1) is 9.78. The number of nitrogens with zero attached hydrogens (tertiary/aromatic N) is 3. The molecule has 0 amide bonds. The Balaban J connectivity index is 2.05. The minimum Gasteiger partial charge on any atom is -0.369 e. The van der Waals surface area contributed by atoms with Gasteiger partial charge in [0.2, 0.25) is 0 Å². The van der Waals surface area contributed by atoms with Crippen LogP contribution < -0.4 is 10.6 Å². The van der Waals surface area contributed by atoms with Gasteiger partial charge < -0.3 is 15.0 Å². The second-order valence-electron chi connectivity index (χ2n) is 4.27. The van der Waals surface area contributed by atoms with Crippen LogP contribution in [0.3, 0.4) is 0 Å². The molecule has 0 radical (unpaired) electrons. The summed E-state index contributed by atoms with van der Waals surface area (Å²) < 4.78 is 3.11. The first-order valence-corrected chi connectivity index (χ1v) is 7.45. The van der Waals surface area contributed by atoms with E-state index in [4.69, 9.17) is 0 Å². The maximum Gasteiger partial charge on any atom is 0.180 e. The second-order valence-corrected chi connectivity index (χ2v) is 5.43. The van der Waals surface area contributed by atoms with E-state index < -0.39 is 0 Å². The Labute approximate surface area is 130 Å². The van der Waals surface area contributed by atoms with E-state index in [0.29, 0.717) is 0 Å². The lowest BCUT2D eigenvalue weighted by Gasteiger charge is -2.11. The van der Waals surface area contributed by atoms with Crippen LogP contribution in [0.1, 0.15) is 6.92 Å². The number of fused-ring (bicyclic) bond motifs is 1. The van der Waals surface area contributed by atoms with Gasteiger partial charge in [-0.1, -0.05) is 12.1 Å². The molecule has 0 fully saturated rings. The van der Waals surface area contributed by atoms with Gasteiger partial charge in [-0.05, 0) is 41.6 Å². The van der Waals surface area contributed by atoms with Crippen molar-refractivity contribution in [3.8, 4) is 0 Å². The molecular formula is C14H14IN5. The molecule has 2 N–H and O–H groups in total. The molecule has 0 unspecified atom stereocenters. The predicted octanol–water partition coefficient (Wildman–Crippen LogP) is 3.51. The summed E-state index contributed by atoms with van der Waals surface area (Å²) in [4.78, 5) is 8.94. The average molecular weight is 379 g/mol. The van der Waals surface area contributed by atoms with E-state index in [1.54, 1.807) is 6.20 Å². The summed E-state index contributed by atoms with van der Waals surface area (Å²) in [7, 11) is 0. The van der Waals surface area contributed by atoms with Crippen molar-refractivity contribution in [2.75, 3.05) is 17.2 Å².